The number of primary amides is 1. The highest BCUT2D eigenvalue weighted by Crippen LogP contribution is 2.23. The van der Waals surface area contributed by atoms with Crippen LogP contribution in [0, 0.1) is 11.8 Å². The molecule has 0 spiro atoms. The minimum Gasteiger partial charge on any atom is -0.359 e. The molecular formula is C12H11NO3. The van der Waals surface area contributed by atoms with E-state index < -0.39 is 5.91 Å². The molecule has 2 rings (SSSR count). The highest BCUT2D eigenvalue weighted by molar-refractivity contribution is 5.92. The average Bonchev–Trinajstić information content (AvgIpc) is 2.80. The maximum absolute atomic E-state index is 10.5. The van der Waals surface area contributed by atoms with Gasteiger partial charge in [0.25, 0.3) is 5.91 Å². The Morgan fingerprint density at radius 1 is 1.38 bits per heavy atom. The van der Waals surface area contributed by atoms with E-state index in [4.69, 9.17) is 15.2 Å². The Kier molecular flexibility index (Phi) is 3.20. The summed E-state index contributed by atoms with van der Waals surface area (Å²) in [6.45, 7) is 1.20. The number of carbonyl (C=O) groups is 1. The van der Waals surface area contributed by atoms with Gasteiger partial charge in [-0.15, -0.1) is 0 Å². The van der Waals surface area contributed by atoms with Gasteiger partial charge in [-0.2, -0.15) is 0 Å². The zero-order valence-electron chi connectivity index (χ0n) is 8.60. The number of nitrogens with two attached hydrogens (primary N) is 1. The van der Waals surface area contributed by atoms with E-state index in [1.165, 1.54) is 0 Å². The number of benzene rings is 1. The van der Waals surface area contributed by atoms with Gasteiger partial charge in [0, 0.05) is 11.1 Å². The molecule has 0 aromatic heterocycles. The van der Waals surface area contributed by atoms with Crippen LogP contribution in [-0.2, 0) is 14.3 Å². The monoisotopic (exact) mass is 217 g/mol. The van der Waals surface area contributed by atoms with Gasteiger partial charge < -0.3 is 15.2 Å². The predicted molar refractivity (Wildman–Crippen MR) is 57.2 cm³/mol. The lowest BCUT2D eigenvalue weighted by Crippen LogP contribution is -2.06. The van der Waals surface area contributed by atoms with Crippen molar-refractivity contribution >= 4 is 5.91 Å². The molecule has 4 heteroatoms. The Morgan fingerprint density at radius 2 is 2.12 bits per heavy atom. The van der Waals surface area contributed by atoms with Crippen molar-refractivity contribution < 1.29 is 14.3 Å². The van der Waals surface area contributed by atoms with Gasteiger partial charge in [0.1, 0.15) is 0 Å². The van der Waals surface area contributed by atoms with Crippen LogP contribution in [0.4, 0.5) is 0 Å². The fourth-order valence-electron chi connectivity index (χ4n) is 1.45. The molecule has 0 bridgehead atoms. The fraction of sp³-hybridized carbons (Fsp3) is 0.250. The lowest BCUT2D eigenvalue weighted by atomic mass is 10.1. The normalized spacial score (nSPS) is 15.5. The number of carbonyl (C=O) groups excluding carboxylic acids is 1. The lowest BCUT2D eigenvalue weighted by molar-refractivity contribution is -0.112. The van der Waals surface area contributed by atoms with Gasteiger partial charge in [0.15, 0.2) is 6.29 Å². The van der Waals surface area contributed by atoms with Gasteiger partial charge in [0.2, 0.25) is 0 Å². The Morgan fingerprint density at radius 3 is 2.81 bits per heavy atom. The van der Waals surface area contributed by atoms with E-state index in [0.29, 0.717) is 13.2 Å². The molecule has 0 radical (unpaired) electrons. The summed E-state index contributed by atoms with van der Waals surface area (Å²) in [5.41, 5.74) is 6.55. The smallest absolute Gasteiger partial charge is 0.293 e. The molecule has 1 aliphatic heterocycles. The van der Waals surface area contributed by atoms with Crippen LogP contribution in [0.15, 0.2) is 24.3 Å². The molecule has 1 aromatic carbocycles. The largest absolute Gasteiger partial charge is 0.359 e. The molecule has 1 aromatic rings. The second-order valence-corrected chi connectivity index (χ2v) is 3.31. The summed E-state index contributed by atoms with van der Waals surface area (Å²) in [5.74, 6) is 4.32. The first kappa shape index (κ1) is 10.7. The molecular weight excluding hydrogens is 206 g/mol. The van der Waals surface area contributed by atoms with Crippen molar-refractivity contribution in [3.63, 3.8) is 0 Å². The van der Waals surface area contributed by atoms with Crippen molar-refractivity contribution in [2.24, 2.45) is 5.73 Å². The standard InChI is InChI=1S/C12H11NO3/c13-11(14)5-4-9-2-1-3-10(8-9)12-15-6-7-16-12/h1-3,8,12H,6-7H2,(H2,13,14). The first-order valence-corrected chi connectivity index (χ1v) is 4.90. The quantitative estimate of drug-likeness (QED) is 0.699. The number of amides is 1. The first-order chi connectivity index (χ1) is 7.75. The van der Waals surface area contributed by atoms with Crippen LogP contribution in [0.2, 0.25) is 0 Å². The van der Waals surface area contributed by atoms with Gasteiger partial charge in [-0.1, -0.05) is 18.1 Å². The van der Waals surface area contributed by atoms with Crippen molar-refractivity contribution in [3.8, 4) is 11.8 Å². The third kappa shape index (κ3) is 2.60. The van der Waals surface area contributed by atoms with E-state index in [1.54, 1.807) is 6.07 Å². The molecule has 0 aliphatic carbocycles. The van der Waals surface area contributed by atoms with Crippen molar-refractivity contribution in [1.29, 1.82) is 0 Å². The zero-order chi connectivity index (χ0) is 11.4. The van der Waals surface area contributed by atoms with Crippen molar-refractivity contribution in [2.75, 3.05) is 13.2 Å². The lowest BCUT2D eigenvalue weighted by Gasteiger charge is -2.08. The molecule has 0 unspecified atom stereocenters. The molecule has 4 nitrogen and oxygen atoms in total. The second-order valence-electron chi connectivity index (χ2n) is 3.31. The Balaban J connectivity index is 2.20. The summed E-state index contributed by atoms with van der Waals surface area (Å²) >= 11 is 0. The van der Waals surface area contributed by atoms with Crippen molar-refractivity contribution in [3.05, 3.63) is 35.4 Å². The number of ether oxygens (including phenoxy) is 2. The highest BCUT2D eigenvalue weighted by atomic mass is 16.7. The Hall–Kier alpha value is -1.83. The molecule has 16 heavy (non-hydrogen) atoms. The Labute approximate surface area is 93.3 Å². The van der Waals surface area contributed by atoms with Crippen LogP contribution in [0.1, 0.15) is 17.4 Å². The summed E-state index contributed by atoms with van der Waals surface area (Å²) in [6, 6.07) is 7.36. The molecule has 1 amide bonds. The summed E-state index contributed by atoms with van der Waals surface area (Å²) in [4.78, 5) is 10.5. The molecule has 1 fully saturated rings. The van der Waals surface area contributed by atoms with Gasteiger partial charge in [-0.3, -0.25) is 4.79 Å². The minimum absolute atomic E-state index is 0.324. The van der Waals surface area contributed by atoms with Crippen LogP contribution < -0.4 is 5.73 Å². The van der Waals surface area contributed by atoms with Crippen LogP contribution in [0.25, 0.3) is 0 Å². The molecule has 1 saturated heterocycles. The maximum Gasteiger partial charge on any atom is 0.293 e. The minimum atomic E-state index is -0.640. The molecule has 1 heterocycles. The highest BCUT2D eigenvalue weighted by Gasteiger charge is 2.17. The summed E-state index contributed by atoms with van der Waals surface area (Å²) < 4.78 is 10.7. The van der Waals surface area contributed by atoms with Crippen molar-refractivity contribution in [1.82, 2.24) is 0 Å². The number of hydrogen-bond acceptors (Lipinski definition) is 3. The van der Waals surface area contributed by atoms with E-state index in [2.05, 4.69) is 11.8 Å². The SMILES string of the molecule is NC(=O)C#Cc1cccc(C2OCCO2)c1. The van der Waals surface area contributed by atoms with Crippen LogP contribution >= 0.6 is 0 Å². The molecule has 2 N–H and O–H groups in total. The third-order valence-electron chi connectivity index (χ3n) is 2.11. The van der Waals surface area contributed by atoms with Crippen molar-refractivity contribution in [2.45, 2.75) is 6.29 Å². The zero-order valence-corrected chi connectivity index (χ0v) is 8.60. The number of hydrogen-bond donors (Lipinski definition) is 1. The first-order valence-electron chi connectivity index (χ1n) is 4.90. The van der Waals surface area contributed by atoms with Gasteiger partial charge in [0.05, 0.1) is 13.2 Å². The molecule has 0 atom stereocenters. The van der Waals surface area contributed by atoms with Gasteiger partial charge in [-0.05, 0) is 18.1 Å². The van der Waals surface area contributed by atoms with Gasteiger partial charge in [-0.25, -0.2) is 0 Å². The van der Waals surface area contributed by atoms with E-state index in [-0.39, 0.29) is 6.29 Å². The Bertz CT molecular complexity index is 453. The topological polar surface area (TPSA) is 61.6 Å². The van der Waals surface area contributed by atoms with Gasteiger partial charge >= 0.3 is 0 Å². The maximum atomic E-state index is 10.5. The predicted octanol–water partition coefficient (Wildman–Crippen LogP) is 0.569. The third-order valence-corrected chi connectivity index (χ3v) is 2.11. The average molecular weight is 217 g/mol. The van der Waals surface area contributed by atoms with E-state index in [1.807, 2.05) is 18.2 Å². The summed E-state index contributed by atoms with van der Waals surface area (Å²) in [6.07, 6.45) is -0.324. The number of rotatable bonds is 1. The van der Waals surface area contributed by atoms with Crippen LogP contribution in [0.3, 0.4) is 0 Å². The summed E-state index contributed by atoms with van der Waals surface area (Å²) in [7, 11) is 0. The molecule has 82 valence electrons. The molecule has 1 aliphatic rings. The van der Waals surface area contributed by atoms with Crippen LogP contribution in [-0.4, -0.2) is 19.1 Å². The van der Waals surface area contributed by atoms with E-state index >= 15 is 0 Å². The van der Waals surface area contributed by atoms with E-state index in [0.717, 1.165) is 11.1 Å². The second kappa shape index (κ2) is 4.79. The van der Waals surface area contributed by atoms with Crippen LogP contribution in [0.5, 0.6) is 0 Å². The van der Waals surface area contributed by atoms with E-state index in [9.17, 15) is 4.79 Å². The fourth-order valence-corrected chi connectivity index (χ4v) is 1.45. The molecule has 0 saturated carbocycles. The summed E-state index contributed by atoms with van der Waals surface area (Å²) in [5, 5.41) is 0.